The average molecular weight is 338 g/mol. The molecule has 1 aliphatic rings. The highest BCUT2D eigenvalue weighted by Gasteiger charge is 2.55. The summed E-state index contributed by atoms with van der Waals surface area (Å²) in [6.45, 7) is 1.95. The molecule has 0 saturated carbocycles. The van der Waals surface area contributed by atoms with Gasteiger partial charge in [0.1, 0.15) is 5.75 Å². The number of hydrogen-bond acceptors (Lipinski definition) is 7. The molecule has 1 aliphatic heterocycles. The largest absolute Gasteiger partial charge is 0.497 e. The molecule has 0 aromatic heterocycles. The van der Waals surface area contributed by atoms with Crippen LogP contribution in [0.2, 0.25) is 0 Å². The highest BCUT2D eigenvalue weighted by atomic mass is 16.8. The summed E-state index contributed by atoms with van der Waals surface area (Å²) in [7, 11) is 4.03. The van der Waals surface area contributed by atoms with Gasteiger partial charge in [0.05, 0.1) is 21.3 Å². The second-order valence-electron chi connectivity index (χ2n) is 5.35. The molecule has 0 spiro atoms. The molecule has 0 amide bonds. The second-order valence-corrected chi connectivity index (χ2v) is 5.35. The Labute approximate surface area is 140 Å². The summed E-state index contributed by atoms with van der Waals surface area (Å²) in [6.07, 6.45) is -1.19. The first-order chi connectivity index (χ1) is 11.5. The lowest BCUT2D eigenvalue weighted by Crippen LogP contribution is -2.38. The van der Waals surface area contributed by atoms with E-state index in [-0.39, 0.29) is 0 Å². The van der Waals surface area contributed by atoms with Crippen LogP contribution in [0.4, 0.5) is 0 Å². The lowest BCUT2D eigenvalue weighted by atomic mass is 10.0. The van der Waals surface area contributed by atoms with Gasteiger partial charge in [-0.15, -0.1) is 0 Å². The Kier molecular flexibility index (Phi) is 5.80. The van der Waals surface area contributed by atoms with Crippen molar-refractivity contribution >= 4 is 11.9 Å². The van der Waals surface area contributed by atoms with E-state index in [0.717, 1.165) is 0 Å². The number of esters is 2. The highest BCUT2D eigenvalue weighted by molar-refractivity contribution is 5.86. The molecule has 1 saturated heterocycles. The maximum Gasteiger partial charge on any atom is 0.338 e. The molecule has 0 radical (unpaired) electrons. The third-order valence-corrected chi connectivity index (χ3v) is 3.89. The van der Waals surface area contributed by atoms with E-state index in [0.29, 0.717) is 24.2 Å². The van der Waals surface area contributed by atoms with Crippen LogP contribution < -0.4 is 4.74 Å². The van der Waals surface area contributed by atoms with Crippen LogP contribution in [0.1, 0.15) is 25.3 Å². The molecule has 1 fully saturated rings. The molecule has 0 aliphatic carbocycles. The van der Waals surface area contributed by atoms with Crippen LogP contribution in [0, 0.1) is 0 Å². The third kappa shape index (κ3) is 3.37. The number of methoxy groups -OCH3 is 3. The van der Waals surface area contributed by atoms with E-state index >= 15 is 0 Å². The maximum absolute atomic E-state index is 12.0. The molecule has 1 aromatic carbocycles. The monoisotopic (exact) mass is 338 g/mol. The second kappa shape index (κ2) is 7.63. The van der Waals surface area contributed by atoms with Gasteiger partial charge in [0, 0.05) is 12.0 Å². The first-order valence-corrected chi connectivity index (χ1v) is 7.67. The minimum atomic E-state index is -1.22. The molecular formula is C17H22O7. The minimum absolute atomic E-state index is 0.459. The van der Waals surface area contributed by atoms with Crippen molar-refractivity contribution in [3.05, 3.63) is 29.8 Å². The van der Waals surface area contributed by atoms with Gasteiger partial charge in [0.15, 0.2) is 18.0 Å². The standard InChI is InChI=1S/C17H22O7/c1-5-10-17(11-6-8-12(20-2)9-7-11)23-13(15(18)21-3)14(24-17)16(19)22-4/h6-9,13-14H,5,10H2,1-4H3/t13-,14-/m1/s1. The Bertz CT molecular complexity index is 557. The molecule has 7 heteroatoms. The fraction of sp³-hybridized carbons (Fsp3) is 0.529. The van der Waals surface area contributed by atoms with Crippen LogP contribution in [-0.4, -0.2) is 45.5 Å². The number of rotatable bonds is 6. The fourth-order valence-corrected chi connectivity index (χ4v) is 2.71. The van der Waals surface area contributed by atoms with E-state index in [1.165, 1.54) is 14.2 Å². The van der Waals surface area contributed by atoms with E-state index in [1.807, 2.05) is 6.92 Å². The summed E-state index contributed by atoms with van der Waals surface area (Å²) in [5.41, 5.74) is 0.686. The van der Waals surface area contributed by atoms with Crippen LogP contribution >= 0.6 is 0 Å². The number of benzene rings is 1. The van der Waals surface area contributed by atoms with E-state index in [9.17, 15) is 9.59 Å². The fourth-order valence-electron chi connectivity index (χ4n) is 2.71. The quantitative estimate of drug-likeness (QED) is 0.731. The highest BCUT2D eigenvalue weighted by Crippen LogP contribution is 2.42. The minimum Gasteiger partial charge on any atom is -0.497 e. The van der Waals surface area contributed by atoms with Crippen molar-refractivity contribution in [2.24, 2.45) is 0 Å². The van der Waals surface area contributed by atoms with Gasteiger partial charge in [-0.1, -0.05) is 13.3 Å². The first kappa shape index (κ1) is 18.2. The van der Waals surface area contributed by atoms with E-state index in [4.69, 9.17) is 23.7 Å². The zero-order valence-corrected chi connectivity index (χ0v) is 14.2. The van der Waals surface area contributed by atoms with Gasteiger partial charge in [-0.3, -0.25) is 0 Å². The molecule has 0 N–H and O–H groups in total. The topological polar surface area (TPSA) is 80.3 Å². The van der Waals surface area contributed by atoms with Gasteiger partial charge in [0.2, 0.25) is 0 Å². The summed E-state index contributed by atoms with van der Waals surface area (Å²) < 4.78 is 26.4. The molecule has 7 nitrogen and oxygen atoms in total. The Morgan fingerprint density at radius 3 is 1.88 bits per heavy atom. The van der Waals surface area contributed by atoms with E-state index in [2.05, 4.69) is 0 Å². The van der Waals surface area contributed by atoms with Crippen molar-refractivity contribution in [3.63, 3.8) is 0 Å². The summed E-state index contributed by atoms with van der Waals surface area (Å²) in [5, 5.41) is 0. The first-order valence-electron chi connectivity index (χ1n) is 7.67. The van der Waals surface area contributed by atoms with Crippen molar-refractivity contribution < 1.29 is 33.3 Å². The van der Waals surface area contributed by atoms with Gasteiger partial charge in [-0.05, 0) is 24.3 Å². The lowest BCUT2D eigenvalue weighted by Gasteiger charge is -2.28. The average Bonchev–Trinajstić information content (AvgIpc) is 3.01. The number of carbonyl (C=O) groups excluding carboxylic acids is 2. The van der Waals surface area contributed by atoms with Crippen molar-refractivity contribution in [3.8, 4) is 5.75 Å². The maximum atomic E-state index is 12.0. The molecule has 132 valence electrons. The summed E-state index contributed by atoms with van der Waals surface area (Å²) in [6, 6.07) is 7.08. The van der Waals surface area contributed by atoms with Gasteiger partial charge in [-0.25, -0.2) is 9.59 Å². The van der Waals surface area contributed by atoms with Gasteiger partial charge in [0.25, 0.3) is 0 Å². The van der Waals surface area contributed by atoms with Crippen molar-refractivity contribution in [2.45, 2.75) is 37.8 Å². The van der Waals surface area contributed by atoms with Crippen molar-refractivity contribution in [1.82, 2.24) is 0 Å². The zero-order valence-electron chi connectivity index (χ0n) is 14.2. The number of hydrogen-bond donors (Lipinski definition) is 0. The Balaban J connectivity index is 2.40. The normalized spacial score (nSPS) is 22.0. The van der Waals surface area contributed by atoms with E-state index in [1.54, 1.807) is 31.4 Å². The molecule has 1 heterocycles. The summed E-state index contributed by atoms with van der Waals surface area (Å²) in [5.74, 6) is -1.91. The Morgan fingerprint density at radius 2 is 1.50 bits per heavy atom. The van der Waals surface area contributed by atoms with Crippen molar-refractivity contribution in [2.75, 3.05) is 21.3 Å². The van der Waals surface area contributed by atoms with Crippen LogP contribution in [-0.2, 0) is 34.3 Å². The summed E-state index contributed by atoms with van der Waals surface area (Å²) >= 11 is 0. The molecule has 0 bridgehead atoms. The van der Waals surface area contributed by atoms with Gasteiger partial charge >= 0.3 is 11.9 Å². The molecule has 2 rings (SSSR count). The summed E-state index contributed by atoms with van der Waals surface area (Å²) in [4.78, 5) is 24.0. The predicted octanol–water partition coefficient (Wildman–Crippen LogP) is 1.78. The number of ether oxygens (including phenoxy) is 5. The van der Waals surface area contributed by atoms with Crippen LogP contribution in [0.3, 0.4) is 0 Å². The Hall–Kier alpha value is -2.12. The van der Waals surface area contributed by atoms with Gasteiger partial charge < -0.3 is 23.7 Å². The SMILES string of the molecule is CCCC1(c2ccc(OC)cc2)O[C@@H](C(=O)OC)[C@H](C(=O)OC)O1. The van der Waals surface area contributed by atoms with Crippen LogP contribution in [0.15, 0.2) is 24.3 Å². The van der Waals surface area contributed by atoms with Crippen LogP contribution in [0.5, 0.6) is 5.75 Å². The molecule has 2 atom stereocenters. The van der Waals surface area contributed by atoms with Gasteiger partial charge in [-0.2, -0.15) is 0 Å². The lowest BCUT2D eigenvalue weighted by molar-refractivity contribution is -0.199. The smallest absolute Gasteiger partial charge is 0.338 e. The molecule has 1 aromatic rings. The van der Waals surface area contributed by atoms with E-state index < -0.39 is 29.9 Å². The number of carbonyl (C=O) groups is 2. The predicted molar refractivity (Wildman–Crippen MR) is 83.4 cm³/mol. The molecular weight excluding hydrogens is 316 g/mol. The Morgan fingerprint density at radius 1 is 1.00 bits per heavy atom. The zero-order chi connectivity index (χ0) is 17.7. The third-order valence-electron chi connectivity index (χ3n) is 3.89. The molecule has 0 unspecified atom stereocenters. The molecule has 24 heavy (non-hydrogen) atoms. The van der Waals surface area contributed by atoms with Crippen molar-refractivity contribution in [1.29, 1.82) is 0 Å². The van der Waals surface area contributed by atoms with Crippen LogP contribution in [0.25, 0.3) is 0 Å².